The van der Waals surface area contributed by atoms with Crippen LogP contribution in [0.15, 0.2) is 23.8 Å². The van der Waals surface area contributed by atoms with Gasteiger partial charge in [-0.2, -0.15) is 0 Å². The average Bonchev–Trinajstić information content (AvgIpc) is 2.80. The molecule has 8 heteroatoms. The Morgan fingerprint density at radius 2 is 1.76 bits per heavy atom. The molecule has 2 aliphatic rings. The van der Waals surface area contributed by atoms with Crippen LogP contribution < -0.4 is 34.7 Å². The Balaban J connectivity index is 0.00000684. The number of hydrogen-bond donors (Lipinski definition) is 3. The van der Waals surface area contributed by atoms with Crippen LogP contribution in [0.5, 0.6) is 0 Å². The normalized spacial score (nSPS) is 29.7. The first-order valence-electron chi connectivity index (χ1n) is 13.3. The van der Waals surface area contributed by atoms with Crippen molar-refractivity contribution in [2.45, 2.75) is 106 Å². The minimum Gasteiger partial charge on any atom is -0.549 e. The van der Waals surface area contributed by atoms with Crippen molar-refractivity contribution >= 4 is 11.9 Å². The van der Waals surface area contributed by atoms with Gasteiger partial charge in [0.15, 0.2) is 0 Å². The fourth-order valence-electron chi connectivity index (χ4n) is 5.71. The number of hydrogen-bond acceptors (Lipinski definition) is 7. The van der Waals surface area contributed by atoms with Gasteiger partial charge in [-0.3, -0.25) is 4.79 Å². The topological polar surface area (TPSA) is 127 Å². The van der Waals surface area contributed by atoms with Gasteiger partial charge in [0.25, 0.3) is 0 Å². The molecular formula is C29H47NaO7. The van der Waals surface area contributed by atoms with Crippen LogP contribution in [-0.2, 0) is 14.3 Å². The van der Waals surface area contributed by atoms with E-state index in [9.17, 15) is 30.0 Å². The molecule has 0 heterocycles. The molecule has 0 amide bonds. The molecule has 0 aliphatic heterocycles. The number of fused-ring (bicyclic) bond motifs is 1. The van der Waals surface area contributed by atoms with Gasteiger partial charge in [-0.15, -0.1) is 0 Å². The third kappa shape index (κ3) is 6.90. The summed E-state index contributed by atoms with van der Waals surface area (Å²) in [5.74, 6) is -1.92. The summed E-state index contributed by atoms with van der Waals surface area (Å²) in [6.07, 6.45) is 3.88. The van der Waals surface area contributed by atoms with Gasteiger partial charge < -0.3 is 30.0 Å². The van der Waals surface area contributed by atoms with Crippen molar-refractivity contribution in [2.24, 2.45) is 39.9 Å². The van der Waals surface area contributed by atoms with E-state index in [1.807, 2.05) is 39.8 Å². The van der Waals surface area contributed by atoms with Gasteiger partial charge in [-0.25, -0.2) is 0 Å². The zero-order valence-corrected chi connectivity index (χ0v) is 26.4. The summed E-state index contributed by atoms with van der Waals surface area (Å²) in [6, 6.07) is 0. The predicted octanol–water partition coefficient (Wildman–Crippen LogP) is 0.0180. The number of carboxylic acids is 1. The fourth-order valence-corrected chi connectivity index (χ4v) is 5.71. The van der Waals surface area contributed by atoms with E-state index in [4.69, 9.17) is 4.74 Å². The van der Waals surface area contributed by atoms with Crippen LogP contribution in [0, 0.1) is 39.9 Å². The van der Waals surface area contributed by atoms with Crippen LogP contribution in [-0.4, -0.2) is 51.7 Å². The predicted molar refractivity (Wildman–Crippen MR) is 136 cm³/mol. The molecule has 0 unspecified atom stereocenters. The molecule has 0 aromatic carbocycles. The quantitative estimate of drug-likeness (QED) is 0.268. The van der Waals surface area contributed by atoms with E-state index in [0.717, 1.165) is 5.57 Å². The Morgan fingerprint density at radius 1 is 1.19 bits per heavy atom. The van der Waals surface area contributed by atoms with Crippen LogP contribution in [0.2, 0.25) is 0 Å². The first-order valence-corrected chi connectivity index (χ1v) is 13.3. The number of esters is 1. The van der Waals surface area contributed by atoms with Crippen LogP contribution in [0.1, 0.15) is 81.6 Å². The van der Waals surface area contributed by atoms with Gasteiger partial charge in [0.05, 0.1) is 24.2 Å². The fraction of sp³-hybridized carbons (Fsp3) is 0.793. The molecule has 37 heavy (non-hydrogen) atoms. The molecule has 7 nitrogen and oxygen atoms in total. The Kier molecular flexibility index (Phi) is 11.7. The zero-order chi connectivity index (χ0) is 27.8. The second-order valence-electron chi connectivity index (χ2n) is 12.8. The van der Waals surface area contributed by atoms with Crippen LogP contribution >= 0.6 is 0 Å². The maximum atomic E-state index is 12.9. The summed E-state index contributed by atoms with van der Waals surface area (Å²) >= 11 is 0. The smallest absolute Gasteiger partial charge is 0.549 e. The summed E-state index contributed by atoms with van der Waals surface area (Å²) in [5, 5.41) is 44.5. The molecule has 2 rings (SSSR count). The molecule has 0 bridgehead atoms. The van der Waals surface area contributed by atoms with Crippen LogP contribution in [0.3, 0.4) is 0 Å². The van der Waals surface area contributed by atoms with E-state index in [1.54, 1.807) is 13.8 Å². The number of aliphatic hydroxyl groups is 3. The number of aliphatic carboxylic acids is 1. The van der Waals surface area contributed by atoms with Crippen molar-refractivity contribution in [1.29, 1.82) is 0 Å². The van der Waals surface area contributed by atoms with Gasteiger partial charge >= 0.3 is 35.5 Å². The van der Waals surface area contributed by atoms with Gasteiger partial charge in [0, 0.05) is 28.1 Å². The van der Waals surface area contributed by atoms with Gasteiger partial charge in [-0.1, -0.05) is 80.5 Å². The van der Waals surface area contributed by atoms with Crippen molar-refractivity contribution in [2.75, 3.05) is 0 Å². The van der Waals surface area contributed by atoms with Gasteiger partial charge in [0.1, 0.15) is 6.10 Å². The summed E-state index contributed by atoms with van der Waals surface area (Å²) < 4.78 is 6.11. The zero-order valence-electron chi connectivity index (χ0n) is 24.4. The molecule has 0 fully saturated rings. The monoisotopic (exact) mass is 530 g/mol. The first kappa shape index (κ1) is 34.3. The van der Waals surface area contributed by atoms with E-state index >= 15 is 0 Å². The van der Waals surface area contributed by atoms with E-state index in [2.05, 4.69) is 13.0 Å². The number of allylic oxidation sites excluding steroid dienone is 2. The van der Waals surface area contributed by atoms with Crippen molar-refractivity contribution in [1.82, 2.24) is 0 Å². The van der Waals surface area contributed by atoms with E-state index in [-0.39, 0.29) is 59.2 Å². The van der Waals surface area contributed by atoms with Crippen molar-refractivity contribution < 1.29 is 64.3 Å². The Labute approximate surface area is 245 Å². The molecule has 0 spiro atoms. The number of ether oxygens (including phenoxy) is 1. The molecule has 206 valence electrons. The Bertz CT molecular complexity index is 875. The summed E-state index contributed by atoms with van der Waals surface area (Å²) in [6.45, 7) is 15.8. The molecule has 2 aliphatic carbocycles. The van der Waals surface area contributed by atoms with Crippen molar-refractivity contribution in [3.8, 4) is 0 Å². The molecule has 0 radical (unpaired) electrons. The second kappa shape index (κ2) is 12.6. The molecule has 0 aromatic rings. The first-order chi connectivity index (χ1) is 16.4. The van der Waals surface area contributed by atoms with Gasteiger partial charge in [-0.05, 0) is 36.7 Å². The second-order valence-corrected chi connectivity index (χ2v) is 12.8. The van der Waals surface area contributed by atoms with E-state index in [0.29, 0.717) is 19.3 Å². The molecule has 3 N–H and O–H groups in total. The van der Waals surface area contributed by atoms with E-state index in [1.165, 1.54) is 13.8 Å². The maximum absolute atomic E-state index is 12.9. The average molecular weight is 531 g/mol. The molecule has 0 saturated heterocycles. The molecule has 8 atom stereocenters. The standard InChI is InChI=1S/C29H48O7.Na/c1-10-16(2)24(32)36-23-22-18(15-21(31)27(23,4)5)12-11-17(3)19(22)13-14-20(30)28(6,7)25(33)29(8,9)26(34)35;/h11-12,15-17,19-23,25,30-31,33H,10,13-14H2,1-9H3,(H,34,35);/q;+1/p-1/t16-,17-,19-,20+,21+,22-,23+,25+;/m0./s1. The number of carboxylic acid groups (broad SMARTS) is 1. The summed E-state index contributed by atoms with van der Waals surface area (Å²) in [5.41, 5.74) is -2.40. The third-order valence-electron chi connectivity index (χ3n) is 9.09. The number of carbonyl (C=O) groups excluding carboxylic acids is 2. The minimum absolute atomic E-state index is 0. The van der Waals surface area contributed by atoms with Crippen LogP contribution in [0.4, 0.5) is 0 Å². The molecular weight excluding hydrogens is 483 g/mol. The van der Waals surface area contributed by atoms with Crippen molar-refractivity contribution in [3.63, 3.8) is 0 Å². The number of rotatable bonds is 10. The molecule has 0 saturated carbocycles. The number of carbonyl (C=O) groups is 2. The number of aliphatic hydroxyl groups excluding tert-OH is 3. The van der Waals surface area contributed by atoms with Gasteiger partial charge in [0.2, 0.25) is 0 Å². The third-order valence-corrected chi connectivity index (χ3v) is 9.09. The Morgan fingerprint density at radius 3 is 2.27 bits per heavy atom. The SMILES string of the molecule is CC[C@H](C)C(=O)O[C@@H]1[C@H]2C(=C[C@@H](O)C1(C)C)C=C[C@H](C)[C@@H]2CC[C@@H](O)C(C)(C)[C@@H](O)C(C)(C)C(=O)[O-].[Na+]. The van der Waals surface area contributed by atoms with Crippen LogP contribution in [0.25, 0.3) is 0 Å². The minimum atomic E-state index is -1.53. The van der Waals surface area contributed by atoms with Crippen molar-refractivity contribution in [3.05, 3.63) is 23.8 Å². The van der Waals surface area contributed by atoms with E-state index < -0.39 is 46.6 Å². The molecule has 0 aromatic heterocycles. The maximum Gasteiger partial charge on any atom is 1.00 e. The Hall–Kier alpha value is -0.700. The largest absolute Gasteiger partial charge is 1.00 e. The summed E-state index contributed by atoms with van der Waals surface area (Å²) in [7, 11) is 0. The summed E-state index contributed by atoms with van der Waals surface area (Å²) in [4.78, 5) is 24.4.